The largest absolute Gasteiger partial charge is 0.490 e. The predicted molar refractivity (Wildman–Crippen MR) is 118 cm³/mol. The molecule has 0 saturated heterocycles. The van der Waals surface area contributed by atoms with E-state index in [9.17, 15) is 10.1 Å². The van der Waals surface area contributed by atoms with Crippen molar-refractivity contribution in [2.75, 3.05) is 18.1 Å². The number of benzene rings is 2. The smallest absolute Gasteiger partial charge is 0.310 e. The molecule has 160 valence electrons. The zero-order chi connectivity index (χ0) is 21.0. The van der Waals surface area contributed by atoms with Crippen LogP contribution in [0.15, 0.2) is 58.5 Å². The number of para-hydroxylation sites is 2. The second-order valence-electron chi connectivity index (χ2n) is 6.69. The minimum atomic E-state index is -0.704. The van der Waals surface area contributed by atoms with E-state index in [0.29, 0.717) is 5.75 Å². The van der Waals surface area contributed by atoms with Crippen LogP contribution in [0, 0.1) is 10.1 Å². The van der Waals surface area contributed by atoms with E-state index in [2.05, 4.69) is 9.98 Å². The van der Waals surface area contributed by atoms with Gasteiger partial charge < -0.3 is 20.9 Å². The number of anilines is 1. The van der Waals surface area contributed by atoms with E-state index in [0.717, 1.165) is 5.69 Å². The van der Waals surface area contributed by atoms with E-state index in [1.807, 2.05) is 26.0 Å². The van der Waals surface area contributed by atoms with E-state index in [4.69, 9.17) is 20.9 Å². The molecule has 0 unspecified atom stereocenters. The van der Waals surface area contributed by atoms with Gasteiger partial charge in [0.05, 0.1) is 4.92 Å². The second-order valence-corrected chi connectivity index (χ2v) is 6.69. The third-order valence-corrected chi connectivity index (χ3v) is 4.14. The molecule has 0 fully saturated rings. The van der Waals surface area contributed by atoms with Crippen LogP contribution in [0.1, 0.15) is 13.8 Å². The van der Waals surface area contributed by atoms with Crippen molar-refractivity contribution in [1.82, 2.24) is 0 Å². The highest BCUT2D eigenvalue weighted by Crippen LogP contribution is 2.30. The summed E-state index contributed by atoms with van der Waals surface area (Å²) in [4.78, 5) is 20.6. The van der Waals surface area contributed by atoms with Crippen LogP contribution in [0.3, 0.4) is 0 Å². The Morgan fingerprint density at radius 1 is 1.10 bits per heavy atom. The number of halogens is 1. The van der Waals surface area contributed by atoms with Crippen molar-refractivity contribution < 1.29 is 14.4 Å². The van der Waals surface area contributed by atoms with Gasteiger partial charge in [-0.05, 0) is 32.0 Å². The van der Waals surface area contributed by atoms with Crippen molar-refractivity contribution in [3.05, 3.63) is 58.6 Å². The van der Waals surface area contributed by atoms with Crippen LogP contribution in [-0.4, -0.2) is 35.7 Å². The quantitative estimate of drug-likeness (QED) is 0.387. The minimum Gasteiger partial charge on any atom is -0.490 e. The zero-order valence-corrected chi connectivity index (χ0v) is 17.3. The molecule has 0 atom stereocenters. The first-order chi connectivity index (χ1) is 13.8. The molecule has 1 aliphatic rings. The Balaban J connectivity index is 0.00000320. The summed E-state index contributed by atoms with van der Waals surface area (Å²) in [5.41, 5.74) is 11.7. The highest BCUT2D eigenvalue weighted by molar-refractivity contribution is 6.05. The second kappa shape index (κ2) is 9.31. The van der Waals surface area contributed by atoms with Gasteiger partial charge >= 0.3 is 5.69 Å². The molecule has 0 radical (unpaired) electrons. The molecular weight excluding hydrogens is 412 g/mol. The first-order valence-corrected chi connectivity index (χ1v) is 8.87. The van der Waals surface area contributed by atoms with Crippen LogP contribution in [0.2, 0.25) is 0 Å². The average Bonchev–Trinajstić information content (AvgIpc) is 2.64. The van der Waals surface area contributed by atoms with Crippen molar-refractivity contribution >= 4 is 35.7 Å². The molecule has 10 nitrogen and oxygen atoms in total. The third-order valence-electron chi connectivity index (χ3n) is 4.14. The lowest BCUT2D eigenvalue weighted by Gasteiger charge is -2.38. The molecule has 2 aromatic rings. The van der Waals surface area contributed by atoms with E-state index >= 15 is 0 Å². The number of ether oxygens (including phenoxy) is 2. The summed E-state index contributed by atoms with van der Waals surface area (Å²) < 4.78 is 11.2. The average molecular weight is 435 g/mol. The Morgan fingerprint density at radius 2 is 1.80 bits per heavy atom. The molecule has 0 spiro atoms. The van der Waals surface area contributed by atoms with Gasteiger partial charge in [0.25, 0.3) is 0 Å². The first-order valence-electron chi connectivity index (χ1n) is 8.87. The number of aliphatic imine (C=N–C) groups is 2. The maximum Gasteiger partial charge on any atom is 0.310 e. The van der Waals surface area contributed by atoms with E-state index in [1.54, 1.807) is 35.2 Å². The van der Waals surface area contributed by atoms with Crippen LogP contribution in [0.4, 0.5) is 11.4 Å². The van der Waals surface area contributed by atoms with Gasteiger partial charge in [0.15, 0.2) is 5.75 Å². The molecule has 4 N–H and O–H groups in total. The topological polar surface area (TPSA) is 142 Å². The van der Waals surface area contributed by atoms with Gasteiger partial charge in [-0.2, -0.15) is 4.99 Å². The van der Waals surface area contributed by atoms with Crippen molar-refractivity contribution in [1.29, 1.82) is 0 Å². The Labute approximate surface area is 179 Å². The summed E-state index contributed by atoms with van der Waals surface area (Å²) in [6.45, 7) is 4.09. The molecule has 3 rings (SSSR count). The van der Waals surface area contributed by atoms with Crippen molar-refractivity contribution in [3.8, 4) is 11.5 Å². The normalized spacial score (nSPS) is 14.8. The summed E-state index contributed by atoms with van der Waals surface area (Å²) in [6, 6.07) is 13.5. The SMILES string of the molecule is CC1(C)N=C(N)N=C(N)N1c1cccc(OCCOc2ccccc2[N+](=O)[O-])c1.Cl. The predicted octanol–water partition coefficient (Wildman–Crippen LogP) is 2.66. The first kappa shape index (κ1) is 22.8. The van der Waals surface area contributed by atoms with Crippen LogP contribution < -0.4 is 25.8 Å². The van der Waals surface area contributed by atoms with E-state index < -0.39 is 10.6 Å². The number of hydrogen-bond donors (Lipinski definition) is 2. The number of nitrogens with zero attached hydrogens (tertiary/aromatic N) is 4. The minimum absolute atomic E-state index is 0. The molecule has 11 heteroatoms. The molecule has 0 amide bonds. The maximum atomic E-state index is 11.0. The summed E-state index contributed by atoms with van der Waals surface area (Å²) >= 11 is 0. The Morgan fingerprint density at radius 3 is 2.50 bits per heavy atom. The fourth-order valence-corrected chi connectivity index (χ4v) is 3.00. The number of rotatable bonds is 7. The fraction of sp³-hybridized carbons (Fsp3) is 0.263. The standard InChI is InChI=1S/C19H22N6O4.ClH/c1-19(2)23-17(20)22-18(21)24(19)13-6-5-7-14(12-13)28-10-11-29-16-9-4-3-8-15(16)25(26)27;/h3-9,12H,10-11H2,1-2H3,(H4,20,21,22,23);1H. The van der Waals surface area contributed by atoms with Gasteiger partial charge in [-0.1, -0.05) is 18.2 Å². The number of nitrogens with two attached hydrogens (primary N) is 2. The van der Waals surface area contributed by atoms with Gasteiger partial charge in [-0.3, -0.25) is 15.0 Å². The van der Waals surface area contributed by atoms with Gasteiger partial charge in [-0.25, -0.2) is 4.99 Å². The van der Waals surface area contributed by atoms with Crippen LogP contribution in [-0.2, 0) is 0 Å². The Hall–Kier alpha value is -3.53. The Kier molecular flexibility index (Phi) is 7.06. The monoisotopic (exact) mass is 434 g/mol. The number of guanidine groups is 2. The number of hydrogen-bond acceptors (Lipinski definition) is 9. The van der Waals surface area contributed by atoms with Crippen molar-refractivity contribution in [2.24, 2.45) is 21.5 Å². The summed E-state index contributed by atoms with van der Waals surface area (Å²) in [5.74, 6) is 1.15. The lowest BCUT2D eigenvalue weighted by molar-refractivity contribution is -0.385. The lowest BCUT2D eigenvalue weighted by Crippen LogP contribution is -2.54. The summed E-state index contributed by atoms with van der Waals surface area (Å²) in [5, 5.41) is 11.0. The van der Waals surface area contributed by atoms with Gasteiger partial charge in [-0.15, -0.1) is 12.4 Å². The van der Waals surface area contributed by atoms with Crippen LogP contribution in [0.5, 0.6) is 11.5 Å². The van der Waals surface area contributed by atoms with Crippen molar-refractivity contribution in [3.63, 3.8) is 0 Å². The number of nitro benzene ring substituents is 1. The Bertz CT molecular complexity index is 979. The highest BCUT2D eigenvalue weighted by Gasteiger charge is 2.33. The van der Waals surface area contributed by atoms with Crippen LogP contribution in [0.25, 0.3) is 0 Å². The summed E-state index contributed by atoms with van der Waals surface area (Å²) in [6.07, 6.45) is 0. The van der Waals surface area contributed by atoms with Crippen LogP contribution >= 0.6 is 12.4 Å². The maximum absolute atomic E-state index is 11.0. The molecule has 0 saturated carbocycles. The van der Waals surface area contributed by atoms with Gasteiger partial charge in [0.2, 0.25) is 11.9 Å². The molecule has 1 aliphatic heterocycles. The van der Waals surface area contributed by atoms with Gasteiger partial charge in [0, 0.05) is 17.8 Å². The molecule has 0 aliphatic carbocycles. The fourth-order valence-electron chi connectivity index (χ4n) is 3.00. The molecular formula is C19H23ClN6O4. The summed E-state index contributed by atoms with van der Waals surface area (Å²) in [7, 11) is 0. The number of nitro groups is 1. The third kappa shape index (κ3) is 5.09. The van der Waals surface area contributed by atoms with E-state index in [1.165, 1.54) is 6.07 Å². The van der Waals surface area contributed by atoms with Crippen molar-refractivity contribution in [2.45, 2.75) is 19.5 Å². The molecule has 1 heterocycles. The van der Waals surface area contributed by atoms with Gasteiger partial charge in [0.1, 0.15) is 24.6 Å². The molecule has 0 aromatic heterocycles. The van der Waals surface area contributed by atoms with E-state index in [-0.39, 0.29) is 49.0 Å². The highest BCUT2D eigenvalue weighted by atomic mass is 35.5. The molecule has 30 heavy (non-hydrogen) atoms. The zero-order valence-electron chi connectivity index (χ0n) is 16.5. The molecule has 2 aromatic carbocycles. The lowest BCUT2D eigenvalue weighted by atomic mass is 10.1. The molecule has 0 bridgehead atoms.